The van der Waals surface area contributed by atoms with E-state index >= 15 is 0 Å². The molecule has 5 heteroatoms. The fourth-order valence-electron chi connectivity index (χ4n) is 2.33. The lowest BCUT2D eigenvalue weighted by molar-refractivity contribution is 0.612. The lowest BCUT2D eigenvalue weighted by Crippen LogP contribution is -2.23. The zero-order valence-corrected chi connectivity index (χ0v) is 14.0. The zero-order valence-electron chi connectivity index (χ0n) is 11.6. The summed E-state index contributed by atoms with van der Waals surface area (Å²) >= 11 is 5.25. The minimum absolute atomic E-state index is 0.213. The van der Waals surface area contributed by atoms with Crippen molar-refractivity contribution in [3.8, 4) is 0 Å². The first kappa shape index (κ1) is 14.8. The molecule has 1 unspecified atom stereocenters. The zero-order chi connectivity index (χ0) is 14.0. The average molecular weight is 342 g/mol. The molecule has 0 radical (unpaired) electrons. The lowest BCUT2D eigenvalue weighted by atomic mass is 10.0. The maximum absolute atomic E-state index is 6.23. The molecule has 0 bridgehead atoms. The predicted octanol–water partition coefficient (Wildman–Crippen LogP) is 3.36. The molecule has 0 spiro atoms. The van der Waals surface area contributed by atoms with Gasteiger partial charge in [0.1, 0.15) is 0 Å². The summed E-state index contributed by atoms with van der Waals surface area (Å²) in [5.41, 5.74) is 9.97. The topological polar surface area (TPSA) is 43.8 Å². The number of rotatable bonds is 5. The molecular weight excluding hydrogens is 322 g/mol. The molecule has 0 aliphatic rings. The van der Waals surface area contributed by atoms with Gasteiger partial charge in [-0.25, -0.2) is 0 Å². The SMILES string of the molecule is Cc1nn(C)c(C)c1CCC(N)Cc1ccc(Br)s1. The molecule has 19 heavy (non-hydrogen) atoms. The summed E-state index contributed by atoms with van der Waals surface area (Å²) in [6, 6.07) is 4.45. The largest absolute Gasteiger partial charge is 0.327 e. The van der Waals surface area contributed by atoms with Gasteiger partial charge in [0.15, 0.2) is 0 Å². The fraction of sp³-hybridized carbons (Fsp3) is 0.500. The Balaban J connectivity index is 1.91. The van der Waals surface area contributed by atoms with Crippen molar-refractivity contribution in [2.45, 2.75) is 39.2 Å². The number of aromatic nitrogens is 2. The van der Waals surface area contributed by atoms with E-state index in [-0.39, 0.29) is 6.04 Å². The first-order valence-electron chi connectivity index (χ1n) is 6.46. The number of hydrogen-bond donors (Lipinski definition) is 1. The van der Waals surface area contributed by atoms with Crippen molar-refractivity contribution < 1.29 is 0 Å². The van der Waals surface area contributed by atoms with Gasteiger partial charge >= 0.3 is 0 Å². The van der Waals surface area contributed by atoms with Crippen LogP contribution in [0, 0.1) is 13.8 Å². The number of halogens is 1. The summed E-state index contributed by atoms with van der Waals surface area (Å²) in [6.45, 7) is 4.20. The van der Waals surface area contributed by atoms with Crippen molar-refractivity contribution in [3.63, 3.8) is 0 Å². The van der Waals surface area contributed by atoms with Crippen LogP contribution in [0.25, 0.3) is 0 Å². The van der Waals surface area contributed by atoms with Crippen molar-refractivity contribution in [1.29, 1.82) is 0 Å². The Morgan fingerprint density at radius 1 is 1.42 bits per heavy atom. The molecule has 0 aliphatic heterocycles. The Kier molecular flexibility index (Phi) is 4.81. The molecule has 1 atom stereocenters. The quantitative estimate of drug-likeness (QED) is 0.905. The van der Waals surface area contributed by atoms with Crippen LogP contribution < -0.4 is 5.73 Å². The van der Waals surface area contributed by atoms with E-state index < -0.39 is 0 Å². The van der Waals surface area contributed by atoms with Crippen LogP contribution in [-0.4, -0.2) is 15.8 Å². The summed E-state index contributed by atoms with van der Waals surface area (Å²) < 4.78 is 3.13. The molecule has 2 aromatic heterocycles. The molecular formula is C14H20BrN3S. The van der Waals surface area contributed by atoms with E-state index in [1.165, 1.54) is 19.9 Å². The summed E-state index contributed by atoms with van der Waals surface area (Å²) in [5, 5.41) is 4.45. The average Bonchev–Trinajstić information content (AvgIpc) is 2.83. The summed E-state index contributed by atoms with van der Waals surface area (Å²) in [7, 11) is 1.99. The van der Waals surface area contributed by atoms with E-state index in [1.807, 2.05) is 11.7 Å². The molecule has 3 nitrogen and oxygen atoms in total. The van der Waals surface area contributed by atoms with Crippen LogP contribution in [0.3, 0.4) is 0 Å². The van der Waals surface area contributed by atoms with Gasteiger partial charge in [-0.3, -0.25) is 4.68 Å². The van der Waals surface area contributed by atoms with Gasteiger partial charge < -0.3 is 5.73 Å². The number of nitrogens with zero attached hydrogens (tertiary/aromatic N) is 2. The second kappa shape index (κ2) is 6.20. The number of aryl methyl sites for hydroxylation is 2. The Labute approximate surface area is 126 Å². The van der Waals surface area contributed by atoms with E-state index in [2.05, 4.69) is 47.0 Å². The highest BCUT2D eigenvalue weighted by atomic mass is 79.9. The van der Waals surface area contributed by atoms with Gasteiger partial charge in [0.25, 0.3) is 0 Å². The maximum Gasteiger partial charge on any atom is 0.0701 e. The Hall–Kier alpha value is -0.650. The third kappa shape index (κ3) is 3.68. The second-order valence-electron chi connectivity index (χ2n) is 4.98. The minimum atomic E-state index is 0.213. The van der Waals surface area contributed by atoms with E-state index in [0.717, 1.165) is 25.0 Å². The van der Waals surface area contributed by atoms with Crippen LogP contribution in [0.4, 0.5) is 0 Å². The molecule has 0 saturated carbocycles. The van der Waals surface area contributed by atoms with Crippen LogP contribution >= 0.6 is 27.3 Å². The van der Waals surface area contributed by atoms with Crippen molar-refractivity contribution in [2.75, 3.05) is 0 Å². The number of nitrogens with two attached hydrogens (primary N) is 1. The number of thiophene rings is 1. The third-order valence-electron chi connectivity index (χ3n) is 3.52. The molecule has 2 N–H and O–H groups in total. The van der Waals surface area contributed by atoms with Gasteiger partial charge in [-0.2, -0.15) is 5.10 Å². The first-order valence-corrected chi connectivity index (χ1v) is 8.07. The van der Waals surface area contributed by atoms with Crippen molar-refractivity contribution in [2.24, 2.45) is 12.8 Å². The van der Waals surface area contributed by atoms with E-state index in [9.17, 15) is 0 Å². The van der Waals surface area contributed by atoms with Crippen LogP contribution in [0.5, 0.6) is 0 Å². The molecule has 2 rings (SSSR count). The highest BCUT2D eigenvalue weighted by Gasteiger charge is 2.12. The van der Waals surface area contributed by atoms with Crippen LogP contribution in [0.15, 0.2) is 15.9 Å². The number of hydrogen-bond acceptors (Lipinski definition) is 3. The standard InChI is InChI=1S/C14H20BrN3S/c1-9-13(10(2)18(3)17-9)6-4-11(16)8-12-5-7-14(15)19-12/h5,7,11H,4,6,8,16H2,1-3H3. The third-order valence-corrected chi connectivity index (χ3v) is 5.16. The van der Waals surface area contributed by atoms with Gasteiger partial charge in [0, 0.05) is 23.7 Å². The molecule has 0 fully saturated rings. The van der Waals surface area contributed by atoms with Crippen LogP contribution in [-0.2, 0) is 19.9 Å². The van der Waals surface area contributed by atoms with E-state index in [0.29, 0.717) is 0 Å². The molecule has 0 saturated heterocycles. The maximum atomic E-state index is 6.23. The predicted molar refractivity (Wildman–Crippen MR) is 84.7 cm³/mol. The smallest absolute Gasteiger partial charge is 0.0701 e. The molecule has 2 heterocycles. The van der Waals surface area contributed by atoms with E-state index in [1.54, 1.807) is 11.3 Å². The van der Waals surface area contributed by atoms with Gasteiger partial charge in [-0.1, -0.05) is 0 Å². The summed E-state index contributed by atoms with van der Waals surface area (Å²) in [6.07, 6.45) is 2.97. The van der Waals surface area contributed by atoms with Crippen LogP contribution in [0.2, 0.25) is 0 Å². The minimum Gasteiger partial charge on any atom is -0.327 e. The summed E-state index contributed by atoms with van der Waals surface area (Å²) in [4.78, 5) is 1.35. The Bertz CT molecular complexity index is 559. The van der Waals surface area contributed by atoms with Crippen molar-refractivity contribution >= 4 is 27.3 Å². The Morgan fingerprint density at radius 2 is 2.16 bits per heavy atom. The van der Waals surface area contributed by atoms with Gasteiger partial charge in [0.2, 0.25) is 0 Å². The van der Waals surface area contributed by atoms with Gasteiger partial charge in [0.05, 0.1) is 9.48 Å². The molecule has 2 aromatic rings. The second-order valence-corrected chi connectivity index (χ2v) is 7.53. The highest BCUT2D eigenvalue weighted by Crippen LogP contribution is 2.23. The highest BCUT2D eigenvalue weighted by molar-refractivity contribution is 9.11. The molecule has 0 amide bonds. The molecule has 0 aliphatic carbocycles. The fourth-order valence-corrected chi connectivity index (χ4v) is 3.91. The first-order chi connectivity index (χ1) is 8.97. The van der Waals surface area contributed by atoms with E-state index in [4.69, 9.17) is 5.73 Å². The molecule has 0 aromatic carbocycles. The lowest BCUT2D eigenvalue weighted by Gasteiger charge is -2.10. The monoisotopic (exact) mass is 341 g/mol. The van der Waals surface area contributed by atoms with Gasteiger partial charge in [-0.05, 0) is 66.7 Å². The van der Waals surface area contributed by atoms with Gasteiger partial charge in [-0.15, -0.1) is 11.3 Å². The Morgan fingerprint density at radius 3 is 2.68 bits per heavy atom. The normalized spacial score (nSPS) is 12.9. The van der Waals surface area contributed by atoms with Crippen molar-refractivity contribution in [1.82, 2.24) is 9.78 Å². The van der Waals surface area contributed by atoms with Crippen molar-refractivity contribution in [3.05, 3.63) is 37.7 Å². The summed E-state index contributed by atoms with van der Waals surface area (Å²) in [5.74, 6) is 0. The van der Waals surface area contributed by atoms with Crippen LogP contribution in [0.1, 0.15) is 28.2 Å². The molecule has 104 valence electrons.